The number of rotatable bonds is 15. The van der Waals surface area contributed by atoms with Crippen LogP contribution in [0.1, 0.15) is 18.4 Å². The zero-order valence-electron chi connectivity index (χ0n) is 20.1. The summed E-state index contributed by atoms with van der Waals surface area (Å²) >= 11 is 5.39. The molecule has 12 nitrogen and oxygen atoms in total. The number of thiol groups is 1. The SMILES string of the molecule is CSCCC(NC(=O)C(N)CC(=O)O)C(=O)NC(Cc1c[nH]c2ccccc12)C(=O)NC(CS)C(=O)O. The number of amides is 3. The van der Waals surface area contributed by atoms with Crippen molar-refractivity contribution in [1.82, 2.24) is 20.9 Å². The maximum absolute atomic E-state index is 13.2. The Labute approximate surface area is 222 Å². The molecule has 0 aliphatic heterocycles. The summed E-state index contributed by atoms with van der Waals surface area (Å²) in [6.07, 6.45) is 3.11. The van der Waals surface area contributed by atoms with E-state index in [1.807, 2.05) is 30.5 Å². The van der Waals surface area contributed by atoms with Gasteiger partial charge >= 0.3 is 11.9 Å². The third kappa shape index (κ3) is 8.98. The number of carbonyl (C=O) groups excluding carboxylic acids is 3. The molecule has 3 amide bonds. The molecule has 0 spiro atoms. The fraction of sp³-hybridized carbons (Fsp3) is 0.435. The number of aromatic nitrogens is 1. The largest absolute Gasteiger partial charge is 0.481 e. The Balaban J connectivity index is 2.28. The normalized spacial score (nSPS) is 14.2. The van der Waals surface area contributed by atoms with Gasteiger partial charge in [0.2, 0.25) is 17.7 Å². The molecular formula is C23H31N5O7S2. The van der Waals surface area contributed by atoms with E-state index in [-0.39, 0.29) is 18.6 Å². The maximum Gasteiger partial charge on any atom is 0.327 e. The van der Waals surface area contributed by atoms with Gasteiger partial charge in [-0.15, -0.1) is 0 Å². The Hall–Kier alpha value is -3.23. The molecular weight excluding hydrogens is 522 g/mol. The van der Waals surface area contributed by atoms with E-state index in [1.165, 1.54) is 11.8 Å². The highest BCUT2D eigenvalue weighted by Crippen LogP contribution is 2.19. The standard InChI is InChI=1S/C23H31N5O7S2/c1-37-7-6-16(26-20(31)14(24)9-19(29)30)21(32)27-17(22(33)28-18(11-36)23(34)35)8-12-10-25-15-5-3-2-4-13(12)15/h2-5,10,14,16-18,25,36H,6-9,11,24H2,1H3,(H,26,31)(H,27,32)(H,28,33)(H,29,30)(H,34,35). The summed E-state index contributed by atoms with van der Waals surface area (Å²) in [4.78, 5) is 64.1. The Morgan fingerprint density at radius 3 is 2.24 bits per heavy atom. The minimum Gasteiger partial charge on any atom is -0.481 e. The second kappa shape index (κ2) is 14.5. The van der Waals surface area contributed by atoms with Crippen LogP contribution in [0.15, 0.2) is 30.5 Å². The van der Waals surface area contributed by atoms with Crippen LogP contribution >= 0.6 is 24.4 Å². The van der Waals surface area contributed by atoms with E-state index in [1.54, 1.807) is 6.20 Å². The average Bonchev–Trinajstić information content (AvgIpc) is 3.26. The van der Waals surface area contributed by atoms with Crippen molar-refractivity contribution < 1.29 is 34.2 Å². The lowest BCUT2D eigenvalue weighted by molar-refractivity contribution is -0.141. The minimum absolute atomic E-state index is 0.0300. The molecule has 0 fully saturated rings. The van der Waals surface area contributed by atoms with Crippen LogP contribution in [0.5, 0.6) is 0 Å². The van der Waals surface area contributed by atoms with E-state index in [9.17, 15) is 29.1 Å². The van der Waals surface area contributed by atoms with Crippen molar-refractivity contribution in [2.45, 2.75) is 43.4 Å². The number of fused-ring (bicyclic) bond motifs is 1. The third-order valence-corrected chi connectivity index (χ3v) is 6.51. The number of aliphatic carboxylic acids is 2. The molecule has 14 heteroatoms. The number of aromatic amines is 1. The predicted molar refractivity (Wildman–Crippen MR) is 143 cm³/mol. The first-order valence-electron chi connectivity index (χ1n) is 11.3. The molecule has 0 radical (unpaired) electrons. The first-order chi connectivity index (χ1) is 17.6. The van der Waals surface area contributed by atoms with E-state index in [4.69, 9.17) is 10.8 Å². The van der Waals surface area contributed by atoms with Crippen LogP contribution < -0.4 is 21.7 Å². The summed E-state index contributed by atoms with van der Waals surface area (Å²) in [5.74, 6) is -4.48. The van der Waals surface area contributed by atoms with Gasteiger partial charge < -0.3 is 36.9 Å². The maximum atomic E-state index is 13.2. The van der Waals surface area contributed by atoms with Crippen molar-refractivity contribution in [2.75, 3.05) is 17.8 Å². The Bertz CT molecular complexity index is 1130. The molecule has 2 aromatic rings. The molecule has 8 N–H and O–H groups in total. The van der Waals surface area contributed by atoms with Crippen molar-refractivity contribution in [3.05, 3.63) is 36.0 Å². The second-order valence-corrected chi connectivity index (χ2v) is 9.60. The lowest BCUT2D eigenvalue weighted by Gasteiger charge is -2.25. The minimum atomic E-state index is -1.36. The molecule has 4 unspecified atom stereocenters. The molecule has 4 atom stereocenters. The number of hydrogen-bond acceptors (Lipinski definition) is 8. The quantitative estimate of drug-likeness (QED) is 0.137. The highest BCUT2D eigenvalue weighted by atomic mass is 32.2. The van der Waals surface area contributed by atoms with Gasteiger partial charge in [0, 0.05) is 29.3 Å². The molecule has 1 aromatic heterocycles. The molecule has 1 aromatic carbocycles. The Morgan fingerprint density at radius 2 is 1.62 bits per heavy atom. The number of thioether (sulfide) groups is 1. The fourth-order valence-electron chi connectivity index (χ4n) is 3.52. The molecule has 0 aliphatic rings. The number of H-pyrrole nitrogens is 1. The summed E-state index contributed by atoms with van der Waals surface area (Å²) in [6.45, 7) is 0. The van der Waals surface area contributed by atoms with E-state index < -0.39 is 60.2 Å². The van der Waals surface area contributed by atoms with Crippen LogP contribution in [0, 0.1) is 0 Å². The Morgan fingerprint density at radius 1 is 1.00 bits per heavy atom. The highest BCUT2D eigenvalue weighted by Gasteiger charge is 2.31. The second-order valence-electron chi connectivity index (χ2n) is 8.25. The topological polar surface area (TPSA) is 204 Å². The first-order valence-corrected chi connectivity index (χ1v) is 13.4. The van der Waals surface area contributed by atoms with Gasteiger partial charge in [-0.3, -0.25) is 19.2 Å². The number of para-hydroxylation sites is 1. The molecule has 202 valence electrons. The lowest BCUT2D eigenvalue weighted by Crippen LogP contribution is -2.58. The number of carbonyl (C=O) groups is 5. The molecule has 0 saturated heterocycles. The van der Waals surface area contributed by atoms with Crippen LogP contribution in [0.25, 0.3) is 10.9 Å². The van der Waals surface area contributed by atoms with Gasteiger partial charge in [-0.05, 0) is 30.1 Å². The fourth-order valence-corrected chi connectivity index (χ4v) is 4.24. The number of carboxylic acids is 2. The van der Waals surface area contributed by atoms with Crippen LogP contribution in [-0.2, 0) is 30.4 Å². The van der Waals surface area contributed by atoms with E-state index in [0.29, 0.717) is 11.3 Å². The monoisotopic (exact) mass is 553 g/mol. The molecule has 2 rings (SSSR count). The van der Waals surface area contributed by atoms with Gasteiger partial charge in [-0.2, -0.15) is 24.4 Å². The molecule has 37 heavy (non-hydrogen) atoms. The number of nitrogens with one attached hydrogen (secondary N) is 4. The van der Waals surface area contributed by atoms with Gasteiger partial charge in [0.1, 0.15) is 18.1 Å². The first kappa shape index (κ1) is 30.0. The van der Waals surface area contributed by atoms with E-state index in [0.717, 1.165) is 10.9 Å². The van der Waals surface area contributed by atoms with Gasteiger partial charge in [-0.25, -0.2) is 4.79 Å². The molecule has 1 heterocycles. The smallest absolute Gasteiger partial charge is 0.327 e. The number of carboxylic acid groups (broad SMARTS) is 2. The van der Waals surface area contributed by atoms with Crippen molar-refractivity contribution in [3.8, 4) is 0 Å². The van der Waals surface area contributed by atoms with Gasteiger partial charge in [0.25, 0.3) is 0 Å². The number of nitrogens with two attached hydrogens (primary N) is 1. The van der Waals surface area contributed by atoms with Gasteiger partial charge in [-0.1, -0.05) is 18.2 Å². The summed E-state index contributed by atoms with van der Waals surface area (Å²) < 4.78 is 0. The third-order valence-electron chi connectivity index (χ3n) is 5.50. The Kier molecular flexibility index (Phi) is 11.8. The van der Waals surface area contributed by atoms with E-state index >= 15 is 0 Å². The zero-order valence-corrected chi connectivity index (χ0v) is 21.8. The number of hydrogen-bond donors (Lipinski definition) is 8. The van der Waals surface area contributed by atoms with Crippen molar-refractivity contribution in [2.24, 2.45) is 5.73 Å². The van der Waals surface area contributed by atoms with Crippen molar-refractivity contribution in [3.63, 3.8) is 0 Å². The highest BCUT2D eigenvalue weighted by molar-refractivity contribution is 7.98. The predicted octanol–water partition coefficient (Wildman–Crippen LogP) is -0.266. The molecule has 0 saturated carbocycles. The summed E-state index contributed by atoms with van der Waals surface area (Å²) in [7, 11) is 0. The summed E-state index contributed by atoms with van der Waals surface area (Å²) in [6, 6.07) is 2.43. The van der Waals surface area contributed by atoms with E-state index in [2.05, 4.69) is 33.6 Å². The molecule has 0 aliphatic carbocycles. The zero-order chi connectivity index (χ0) is 27.5. The van der Waals surface area contributed by atoms with Gasteiger partial charge in [0.15, 0.2) is 0 Å². The lowest BCUT2D eigenvalue weighted by atomic mass is 10.0. The average molecular weight is 554 g/mol. The van der Waals surface area contributed by atoms with Crippen LogP contribution in [0.3, 0.4) is 0 Å². The van der Waals surface area contributed by atoms with Crippen LogP contribution in [0.4, 0.5) is 0 Å². The van der Waals surface area contributed by atoms with Gasteiger partial charge in [0.05, 0.1) is 12.5 Å². The summed E-state index contributed by atoms with van der Waals surface area (Å²) in [5, 5.41) is 26.5. The summed E-state index contributed by atoms with van der Waals surface area (Å²) in [5.41, 5.74) is 7.16. The van der Waals surface area contributed by atoms with Crippen molar-refractivity contribution in [1.29, 1.82) is 0 Å². The van der Waals surface area contributed by atoms with Crippen LogP contribution in [0.2, 0.25) is 0 Å². The van der Waals surface area contributed by atoms with Crippen LogP contribution in [-0.4, -0.2) is 86.8 Å². The van der Waals surface area contributed by atoms with Crippen molar-refractivity contribution >= 4 is 65.0 Å². The molecule has 0 bridgehead atoms. The number of benzene rings is 1.